The van der Waals surface area contributed by atoms with Crippen LogP contribution >= 0.6 is 15.9 Å². The lowest BCUT2D eigenvalue weighted by molar-refractivity contribution is 0.0467. The van der Waals surface area contributed by atoms with E-state index in [-0.39, 0.29) is 12.3 Å². The summed E-state index contributed by atoms with van der Waals surface area (Å²) in [4.78, 5) is 15.6. The third kappa shape index (κ3) is 3.07. The van der Waals surface area contributed by atoms with Gasteiger partial charge in [-0.15, -0.1) is 0 Å². The van der Waals surface area contributed by atoms with Crippen LogP contribution in [-0.4, -0.2) is 11.0 Å². The van der Waals surface area contributed by atoms with Gasteiger partial charge in [-0.05, 0) is 29.8 Å². The van der Waals surface area contributed by atoms with Gasteiger partial charge in [0, 0.05) is 10.7 Å². The van der Waals surface area contributed by atoms with Crippen LogP contribution in [0.25, 0.3) is 0 Å². The summed E-state index contributed by atoms with van der Waals surface area (Å²) in [6.45, 7) is 0.197. The number of carbonyl (C=O) groups excluding carboxylic acids is 1. The van der Waals surface area contributed by atoms with E-state index >= 15 is 0 Å². The van der Waals surface area contributed by atoms with Crippen molar-refractivity contribution in [1.29, 1.82) is 0 Å². The van der Waals surface area contributed by atoms with E-state index in [0.717, 1.165) is 10.0 Å². The highest BCUT2D eigenvalue weighted by Gasteiger charge is 2.12. The lowest BCUT2D eigenvalue weighted by Gasteiger charge is -2.06. The maximum atomic E-state index is 11.7. The molecule has 0 radical (unpaired) electrons. The number of ether oxygens (including phenoxy) is 1. The molecule has 0 saturated carbocycles. The third-order valence-corrected chi connectivity index (χ3v) is 2.84. The minimum Gasteiger partial charge on any atom is -0.456 e. The van der Waals surface area contributed by atoms with Crippen LogP contribution in [-0.2, 0) is 11.3 Å². The second kappa shape index (κ2) is 5.64. The molecule has 18 heavy (non-hydrogen) atoms. The summed E-state index contributed by atoms with van der Waals surface area (Å²) >= 11 is 3.34. The zero-order valence-corrected chi connectivity index (χ0v) is 11.1. The fraction of sp³-hybridized carbons (Fsp3) is 0.0769. The number of aromatic nitrogens is 1. The van der Waals surface area contributed by atoms with E-state index < -0.39 is 5.97 Å². The Morgan fingerprint density at radius 3 is 2.67 bits per heavy atom. The number of benzene rings is 1. The van der Waals surface area contributed by atoms with Crippen molar-refractivity contribution in [3.8, 4) is 0 Å². The number of rotatable bonds is 3. The first-order chi connectivity index (χ1) is 8.66. The molecule has 0 aliphatic heterocycles. The molecule has 0 unspecified atom stereocenters. The molecule has 0 aliphatic carbocycles. The molecule has 4 nitrogen and oxygen atoms in total. The second-order valence-electron chi connectivity index (χ2n) is 3.64. The van der Waals surface area contributed by atoms with E-state index in [2.05, 4.69) is 20.9 Å². The van der Waals surface area contributed by atoms with Crippen molar-refractivity contribution >= 4 is 27.6 Å². The van der Waals surface area contributed by atoms with Crippen LogP contribution in [0.5, 0.6) is 0 Å². The molecule has 0 bridgehead atoms. The van der Waals surface area contributed by atoms with Crippen LogP contribution in [0, 0.1) is 0 Å². The van der Waals surface area contributed by atoms with E-state index in [9.17, 15) is 4.79 Å². The molecule has 92 valence electrons. The van der Waals surface area contributed by atoms with Crippen LogP contribution < -0.4 is 5.73 Å². The number of nitrogens with zero attached hydrogens (tertiary/aromatic N) is 1. The number of anilines is 1. The van der Waals surface area contributed by atoms with Gasteiger partial charge in [0.1, 0.15) is 6.61 Å². The van der Waals surface area contributed by atoms with Gasteiger partial charge in [-0.2, -0.15) is 0 Å². The van der Waals surface area contributed by atoms with Crippen molar-refractivity contribution in [2.24, 2.45) is 0 Å². The van der Waals surface area contributed by atoms with Crippen molar-refractivity contribution in [2.75, 3.05) is 5.73 Å². The molecular formula is C13H11BrN2O2. The number of hydrogen-bond donors (Lipinski definition) is 1. The van der Waals surface area contributed by atoms with Crippen LogP contribution in [0.3, 0.4) is 0 Å². The Balaban J connectivity index is 2.01. The number of hydrogen-bond acceptors (Lipinski definition) is 4. The lowest BCUT2D eigenvalue weighted by Crippen LogP contribution is -2.10. The number of nitrogens with two attached hydrogens (primary N) is 1. The number of pyridine rings is 1. The molecule has 2 aromatic rings. The average Bonchev–Trinajstić information content (AvgIpc) is 2.38. The number of nitrogen functional groups attached to an aromatic ring is 1. The van der Waals surface area contributed by atoms with Crippen molar-refractivity contribution in [1.82, 2.24) is 4.98 Å². The van der Waals surface area contributed by atoms with Gasteiger partial charge >= 0.3 is 5.97 Å². The predicted molar refractivity (Wildman–Crippen MR) is 71.9 cm³/mol. The Morgan fingerprint density at radius 1 is 1.28 bits per heavy atom. The highest BCUT2D eigenvalue weighted by atomic mass is 79.9. The summed E-state index contributed by atoms with van der Waals surface area (Å²) < 4.78 is 6.12. The van der Waals surface area contributed by atoms with Crippen molar-refractivity contribution in [2.45, 2.75) is 6.61 Å². The van der Waals surface area contributed by atoms with Crippen molar-refractivity contribution in [3.05, 3.63) is 58.3 Å². The normalized spacial score (nSPS) is 10.1. The average molecular weight is 307 g/mol. The summed E-state index contributed by atoms with van der Waals surface area (Å²) in [5.74, 6) is -0.518. The van der Waals surface area contributed by atoms with Gasteiger partial charge in [-0.3, -0.25) is 0 Å². The second-order valence-corrected chi connectivity index (χ2v) is 4.56. The van der Waals surface area contributed by atoms with Crippen LogP contribution in [0.4, 0.5) is 5.69 Å². The quantitative estimate of drug-likeness (QED) is 0.886. The zero-order valence-electron chi connectivity index (χ0n) is 9.47. The first kappa shape index (κ1) is 12.6. The fourth-order valence-electron chi connectivity index (χ4n) is 1.39. The van der Waals surface area contributed by atoms with Crippen LogP contribution in [0.15, 0.2) is 47.1 Å². The molecule has 0 fully saturated rings. The molecule has 0 aliphatic rings. The number of carbonyl (C=O) groups is 1. The first-order valence-corrected chi connectivity index (χ1v) is 6.08. The molecular weight excluding hydrogens is 296 g/mol. The van der Waals surface area contributed by atoms with Crippen LogP contribution in [0.2, 0.25) is 0 Å². The van der Waals surface area contributed by atoms with Gasteiger partial charge in [0.05, 0.1) is 5.69 Å². The minimum atomic E-state index is -0.518. The monoisotopic (exact) mass is 306 g/mol. The smallest absolute Gasteiger partial charge is 0.359 e. The van der Waals surface area contributed by atoms with Gasteiger partial charge < -0.3 is 10.5 Å². The van der Waals surface area contributed by atoms with Gasteiger partial charge in [-0.1, -0.05) is 28.1 Å². The Labute approximate surface area is 113 Å². The van der Waals surface area contributed by atoms with E-state index in [1.165, 1.54) is 6.20 Å². The molecule has 5 heteroatoms. The van der Waals surface area contributed by atoms with E-state index in [0.29, 0.717) is 5.69 Å². The fourth-order valence-corrected chi connectivity index (χ4v) is 1.65. The van der Waals surface area contributed by atoms with Gasteiger partial charge in [0.15, 0.2) is 5.69 Å². The standard InChI is InChI=1S/C13H11BrN2O2/c14-10-5-3-9(4-6-10)8-18-13(17)12-11(15)2-1-7-16-12/h1-7H,8,15H2. The Morgan fingerprint density at radius 2 is 2.00 bits per heavy atom. The summed E-state index contributed by atoms with van der Waals surface area (Å²) in [6, 6.07) is 10.8. The maximum Gasteiger partial charge on any atom is 0.359 e. The molecule has 0 spiro atoms. The summed E-state index contributed by atoms with van der Waals surface area (Å²) in [5, 5.41) is 0. The van der Waals surface area contributed by atoms with E-state index in [1.807, 2.05) is 24.3 Å². The molecule has 2 rings (SSSR count). The largest absolute Gasteiger partial charge is 0.456 e. The summed E-state index contributed by atoms with van der Waals surface area (Å²) in [5.41, 5.74) is 7.01. The lowest BCUT2D eigenvalue weighted by atomic mass is 10.2. The molecule has 0 atom stereocenters. The summed E-state index contributed by atoms with van der Waals surface area (Å²) in [6.07, 6.45) is 1.51. The SMILES string of the molecule is Nc1cccnc1C(=O)OCc1ccc(Br)cc1. The molecule has 1 aromatic carbocycles. The number of esters is 1. The summed E-state index contributed by atoms with van der Waals surface area (Å²) in [7, 11) is 0. The topological polar surface area (TPSA) is 65.2 Å². The highest BCUT2D eigenvalue weighted by Crippen LogP contribution is 2.13. The van der Waals surface area contributed by atoms with Crippen molar-refractivity contribution in [3.63, 3.8) is 0 Å². The van der Waals surface area contributed by atoms with Crippen LogP contribution in [0.1, 0.15) is 16.1 Å². The Hall–Kier alpha value is -1.88. The maximum absolute atomic E-state index is 11.7. The Bertz CT molecular complexity index is 555. The van der Waals surface area contributed by atoms with Gasteiger partial charge in [0.2, 0.25) is 0 Å². The molecule has 0 saturated heterocycles. The zero-order chi connectivity index (χ0) is 13.0. The first-order valence-electron chi connectivity index (χ1n) is 5.29. The highest BCUT2D eigenvalue weighted by molar-refractivity contribution is 9.10. The van der Waals surface area contributed by atoms with Gasteiger partial charge in [-0.25, -0.2) is 9.78 Å². The Kier molecular flexibility index (Phi) is 3.94. The van der Waals surface area contributed by atoms with Gasteiger partial charge in [0.25, 0.3) is 0 Å². The van der Waals surface area contributed by atoms with Crippen molar-refractivity contribution < 1.29 is 9.53 Å². The third-order valence-electron chi connectivity index (χ3n) is 2.32. The molecule has 2 N–H and O–H groups in total. The molecule has 1 heterocycles. The van der Waals surface area contributed by atoms with E-state index in [4.69, 9.17) is 10.5 Å². The molecule has 0 amide bonds. The molecule has 1 aromatic heterocycles. The number of halogens is 1. The minimum absolute atomic E-state index is 0.148. The predicted octanol–water partition coefficient (Wildman–Crippen LogP) is 2.78. The van der Waals surface area contributed by atoms with E-state index in [1.54, 1.807) is 12.1 Å².